The Morgan fingerprint density at radius 3 is 3.00 bits per heavy atom. The second kappa shape index (κ2) is 2.88. The van der Waals surface area contributed by atoms with Crippen LogP contribution in [0.1, 0.15) is 11.3 Å². The van der Waals surface area contributed by atoms with Gasteiger partial charge in [0.2, 0.25) is 0 Å². The minimum Gasteiger partial charge on any atom is -0.446 e. The first kappa shape index (κ1) is 8.31. The van der Waals surface area contributed by atoms with Gasteiger partial charge >= 0.3 is 0 Å². The van der Waals surface area contributed by atoms with E-state index in [1.807, 2.05) is 0 Å². The van der Waals surface area contributed by atoms with Crippen molar-refractivity contribution in [3.05, 3.63) is 27.6 Å². The molecule has 3 N–H and O–H groups in total. The summed E-state index contributed by atoms with van der Waals surface area (Å²) in [5.41, 5.74) is 6.18. The molecule has 0 aliphatic carbocycles. The summed E-state index contributed by atoms with van der Waals surface area (Å²) in [5, 5.41) is 3.12. The molecule has 1 saturated heterocycles. The molecule has 0 bridgehead atoms. The van der Waals surface area contributed by atoms with Crippen LogP contribution in [0.5, 0.6) is 0 Å². The van der Waals surface area contributed by atoms with E-state index < -0.39 is 0 Å². The van der Waals surface area contributed by atoms with Crippen molar-refractivity contribution in [3.63, 3.8) is 0 Å². The molecule has 0 aromatic carbocycles. The fourth-order valence-electron chi connectivity index (χ4n) is 1.33. The van der Waals surface area contributed by atoms with Crippen molar-refractivity contribution < 1.29 is 4.42 Å². The van der Waals surface area contributed by atoms with Crippen LogP contribution in [0.4, 0.5) is 5.88 Å². The molecule has 1 aliphatic heterocycles. The average Bonchev–Trinajstić information content (AvgIpc) is 2.79. The Morgan fingerprint density at radius 1 is 1.77 bits per heavy atom. The van der Waals surface area contributed by atoms with Crippen LogP contribution in [-0.4, -0.2) is 12.6 Å². The molecule has 0 amide bonds. The second-order valence-corrected chi connectivity index (χ2v) is 3.37. The van der Waals surface area contributed by atoms with E-state index in [4.69, 9.17) is 10.2 Å². The third kappa shape index (κ3) is 1.72. The van der Waals surface area contributed by atoms with E-state index in [1.165, 1.54) is 6.07 Å². The molecule has 2 rings (SSSR count). The van der Waals surface area contributed by atoms with Crippen molar-refractivity contribution in [3.8, 4) is 0 Å². The van der Waals surface area contributed by atoms with Gasteiger partial charge in [-0.1, -0.05) is 0 Å². The molecule has 4 nitrogen and oxygen atoms in total. The van der Waals surface area contributed by atoms with E-state index in [9.17, 15) is 4.79 Å². The summed E-state index contributed by atoms with van der Waals surface area (Å²) in [6, 6.07) is 1.89. The van der Waals surface area contributed by atoms with Crippen LogP contribution in [-0.2, 0) is 6.42 Å². The standard InChI is InChI=1S/C9H12N2O2/c1-5-2-8(12)7(9(10)13-5)3-6-4-11-6/h2,6,11H,3-4,10H2,1H3. The fraction of sp³-hybridized carbons (Fsp3) is 0.444. The zero-order valence-corrected chi connectivity index (χ0v) is 7.46. The lowest BCUT2D eigenvalue weighted by atomic mass is 10.1. The third-order valence-corrected chi connectivity index (χ3v) is 2.14. The van der Waals surface area contributed by atoms with Crippen molar-refractivity contribution in [2.75, 3.05) is 12.3 Å². The number of nitrogen functional groups attached to an aromatic ring is 1. The number of nitrogens with one attached hydrogen (secondary N) is 1. The zero-order chi connectivity index (χ0) is 9.42. The van der Waals surface area contributed by atoms with Gasteiger partial charge in [-0.3, -0.25) is 4.79 Å². The van der Waals surface area contributed by atoms with Crippen LogP contribution >= 0.6 is 0 Å². The first-order valence-electron chi connectivity index (χ1n) is 4.29. The van der Waals surface area contributed by atoms with Gasteiger partial charge in [0.15, 0.2) is 11.3 Å². The van der Waals surface area contributed by atoms with Crippen LogP contribution in [0.25, 0.3) is 0 Å². The van der Waals surface area contributed by atoms with Crippen LogP contribution < -0.4 is 16.5 Å². The maximum Gasteiger partial charge on any atom is 0.197 e. The van der Waals surface area contributed by atoms with E-state index in [-0.39, 0.29) is 11.3 Å². The molecule has 1 aromatic rings. The lowest BCUT2D eigenvalue weighted by Crippen LogP contribution is -2.14. The molecule has 1 aromatic heterocycles. The van der Waals surface area contributed by atoms with Gasteiger partial charge in [0.25, 0.3) is 0 Å². The van der Waals surface area contributed by atoms with Crippen LogP contribution in [0.3, 0.4) is 0 Å². The minimum absolute atomic E-state index is 0.0186. The van der Waals surface area contributed by atoms with Crippen LogP contribution in [0.15, 0.2) is 15.3 Å². The van der Waals surface area contributed by atoms with Gasteiger partial charge in [-0.05, 0) is 13.3 Å². The third-order valence-electron chi connectivity index (χ3n) is 2.14. The second-order valence-electron chi connectivity index (χ2n) is 3.37. The summed E-state index contributed by atoms with van der Waals surface area (Å²) in [5.74, 6) is 0.828. The molecule has 13 heavy (non-hydrogen) atoms. The van der Waals surface area contributed by atoms with Crippen LogP contribution in [0.2, 0.25) is 0 Å². The van der Waals surface area contributed by atoms with Gasteiger partial charge in [-0.2, -0.15) is 0 Å². The highest BCUT2D eigenvalue weighted by molar-refractivity contribution is 5.37. The molecule has 1 fully saturated rings. The fourth-order valence-corrected chi connectivity index (χ4v) is 1.33. The van der Waals surface area contributed by atoms with E-state index in [0.717, 1.165) is 6.54 Å². The smallest absolute Gasteiger partial charge is 0.197 e. The lowest BCUT2D eigenvalue weighted by molar-refractivity contribution is 0.527. The van der Waals surface area contributed by atoms with Crippen molar-refractivity contribution >= 4 is 5.88 Å². The predicted octanol–water partition coefficient (Wildman–Crippen LogP) is 0.0447. The van der Waals surface area contributed by atoms with Crippen molar-refractivity contribution in [2.24, 2.45) is 0 Å². The Balaban J connectivity index is 2.36. The highest BCUT2D eigenvalue weighted by atomic mass is 16.3. The number of hydrogen-bond acceptors (Lipinski definition) is 4. The average molecular weight is 180 g/mol. The Labute approximate surface area is 75.7 Å². The maximum absolute atomic E-state index is 11.5. The van der Waals surface area contributed by atoms with E-state index in [2.05, 4.69) is 5.32 Å². The van der Waals surface area contributed by atoms with Gasteiger partial charge in [0.1, 0.15) is 5.76 Å². The Morgan fingerprint density at radius 2 is 2.46 bits per heavy atom. The van der Waals surface area contributed by atoms with Gasteiger partial charge < -0.3 is 15.5 Å². The van der Waals surface area contributed by atoms with Gasteiger partial charge in [0.05, 0.1) is 5.56 Å². The Hall–Kier alpha value is -1.29. The minimum atomic E-state index is -0.0186. The largest absolute Gasteiger partial charge is 0.446 e. The number of anilines is 1. The number of nitrogens with two attached hydrogens (primary N) is 1. The summed E-state index contributed by atoms with van der Waals surface area (Å²) in [4.78, 5) is 11.5. The SMILES string of the molecule is Cc1cc(=O)c(CC2CN2)c(N)o1. The zero-order valence-electron chi connectivity index (χ0n) is 7.46. The summed E-state index contributed by atoms with van der Waals surface area (Å²) in [6.07, 6.45) is 0.675. The molecular formula is C9H12N2O2. The first-order chi connectivity index (χ1) is 6.16. The number of hydrogen-bond donors (Lipinski definition) is 2. The molecule has 0 saturated carbocycles. The topological polar surface area (TPSA) is 78.2 Å². The number of rotatable bonds is 2. The molecule has 1 atom stereocenters. The molecule has 4 heteroatoms. The molecule has 2 heterocycles. The molecule has 1 unspecified atom stereocenters. The molecule has 70 valence electrons. The van der Waals surface area contributed by atoms with Gasteiger partial charge in [-0.15, -0.1) is 0 Å². The predicted molar refractivity (Wildman–Crippen MR) is 49.6 cm³/mol. The van der Waals surface area contributed by atoms with E-state index in [1.54, 1.807) is 6.92 Å². The lowest BCUT2D eigenvalue weighted by Gasteiger charge is -2.02. The highest BCUT2D eigenvalue weighted by Crippen LogP contribution is 2.13. The molecule has 1 aliphatic rings. The van der Waals surface area contributed by atoms with Crippen molar-refractivity contribution in [1.29, 1.82) is 0 Å². The highest BCUT2D eigenvalue weighted by Gasteiger charge is 2.23. The quantitative estimate of drug-likeness (QED) is 0.630. The summed E-state index contributed by atoms with van der Waals surface area (Å²) in [6.45, 7) is 2.68. The summed E-state index contributed by atoms with van der Waals surface area (Å²) >= 11 is 0. The summed E-state index contributed by atoms with van der Waals surface area (Å²) < 4.78 is 5.17. The molecular weight excluding hydrogens is 168 g/mol. The summed E-state index contributed by atoms with van der Waals surface area (Å²) in [7, 11) is 0. The van der Waals surface area contributed by atoms with Crippen molar-refractivity contribution in [2.45, 2.75) is 19.4 Å². The molecule has 0 radical (unpaired) electrons. The first-order valence-corrected chi connectivity index (χ1v) is 4.29. The normalized spacial score (nSPS) is 20.2. The van der Waals surface area contributed by atoms with Crippen molar-refractivity contribution in [1.82, 2.24) is 5.32 Å². The Kier molecular flexibility index (Phi) is 1.84. The molecule has 0 spiro atoms. The monoisotopic (exact) mass is 180 g/mol. The van der Waals surface area contributed by atoms with Gasteiger partial charge in [-0.25, -0.2) is 0 Å². The van der Waals surface area contributed by atoms with E-state index >= 15 is 0 Å². The maximum atomic E-state index is 11.5. The Bertz CT molecular complexity index is 380. The van der Waals surface area contributed by atoms with Crippen LogP contribution in [0, 0.1) is 6.92 Å². The van der Waals surface area contributed by atoms with E-state index in [0.29, 0.717) is 23.8 Å². The number of aryl methyl sites for hydroxylation is 1. The van der Waals surface area contributed by atoms with Gasteiger partial charge in [0, 0.05) is 18.7 Å².